The molecule has 0 fully saturated rings. The first kappa shape index (κ1) is 13.1. The lowest BCUT2D eigenvalue weighted by molar-refractivity contribution is -0.137. The normalized spacial score (nSPS) is 11.3. The largest absolute Gasteiger partial charge is 0.463 e. The standard InChI is InChI=1S/C12H13ClO2S/c1-3-15-12(14)8-9(2)16-11-6-4-10(13)5-7-11/h4-8H,3H2,1-2H3. The average molecular weight is 257 g/mol. The molecule has 0 N–H and O–H groups in total. The summed E-state index contributed by atoms with van der Waals surface area (Å²) < 4.78 is 4.82. The molecule has 0 aliphatic heterocycles. The van der Waals surface area contributed by atoms with Crippen LogP contribution in [0.25, 0.3) is 0 Å². The third kappa shape index (κ3) is 4.73. The minimum Gasteiger partial charge on any atom is -0.463 e. The van der Waals surface area contributed by atoms with Crippen molar-refractivity contribution in [1.29, 1.82) is 0 Å². The van der Waals surface area contributed by atoms with Crippen LogP contribution < -0.4 is 0 Å². The van der Waals surface area contributed by atoms with E-state index in [2.05, 4.69) is 0 Å². The van der Waals surface area contributed by atoms with Crippen LogP contribution in [0.2, 0.25) is 5.02 Å². The van der Waals surface area contributed by atoms with Crippen molar-refractivity contribution < 1.29 is 9.53 Å². The predicted molar refractivity (Wildman–Crippen MR) is 67.7 cm³/mol. The molecular formula is C12H13ClO2S. The first-order valence-electron chi connectivity index (χ1n) is 4.90. The third-order valence-corrected chi connectivity index (χ3v) is 2.90. The van der Waals surface area contributed by atoms with Gasteiger partial charge in [0.2, 0.25) is 0 Å². The number of esters is 1. The highest BCUT2D eigenvalue weighted by molar-refractivity contribution is 8.03. The smallest absolute Gasteiger partial charge is 0.331 e. The Kier molecular flexibility index (Phi) is 5.43. The number of hydrogen-bond acceptors (Lipinski definition) is 3. The van der Waals surface area contributed by atoms with Crippen LogP contribution in [-0.2, 0) is 9.53 Å². The Morgan fingerprint density at radius 3 is 2.62 bits per heavy atom. The maximum atomic E-state index is 11.2. The van der Waals surface area contributed by atoms with Crippen LogP contribution in [0.1, 0.15) is 13.8 Å². The van der Waals surface area contributed by atoms with Crippen LogP contribution in [0, 0.1) is 0 Å². The predicted octanol–water partition coefficient (Wildman–Crippen LogP) is 3.90. The molecule has 16 heavy (non-hydrogen) atoms. The van der Waals surface area contributed by atoms with Crippen molar-refractivity contribution in [1.82, 2.24) is 0 Å². The van der Waals surface area contributed by atoms with Gasteiger partial charge in [0.15, 0.2) is 0 Å². The molecular weight excluding hydrogens is 244 g/mol. The molecule has 2 nitrogen and oxygen atoms in total. The summed E-state index contributed by atoms with van der Waals surface area (Å²) in [5, 5.41) is 0.705. The van der Waals surface area contributed by atoms with E-state index in [1.165, 1.54) is 17.8 Å². The maximum absolute atomic E-state index is 11.2. The van der Waals surface area contributed by atoms with Crippen LogP contribution in [0.4, 0.5) is 0 Å². The van der Waals surface area contributed by atoms with Gasteiger partial charge >= 0.3 is 5.97 Å². The fraction of sp³-hybridized carbons (Fsp3) is 0.250. The highest BCUT2D eigenvalue weighted by Crippen LogP contribution is 2.27. The van der Waals surface area contributed by atoms with E-state index in [4.69, 9.17) is 16.3 Å². The van der Waals surface area contributed by atoms with Crippen molar-refractivity contribution >= 4 is 29.3 Å². The number of carbonyl (C=O) groups is 1. The zero-order valence-electron chi connectivity index (χ0n) is 9.20. The summed E-state index contributed by atoms with van der Waals surface area (Å²) in [6.45, 7) is 4.05. The number of allylic oxidation sites excluding steroid dienone is 1. The molecule has 0 spiro atoms. The van der Waals surface area contributed by atoms with E-state index in [-0.39, 0.29) is 5.97 Å². The fourth-order valence-electron chi connectivity index (χ4n) is 1.07. The van der Waals surface area contributed by atoms with Gasteiger partial charge in [0.25, 0.3) is 0 Å². The van der Waals surface area contributed by atoms with Gasteiger partial charge in [-0.3, -0.25) is 0 Å². The number of carbonyl (C=O) groups excluding carboxylic acids is 1. The molecule has 0 unspecified atom stereocenters. The minimum atomic E-state index is -0.304. The molecule has 0 saturated carbocycles. The second kappa shape index (κ2) is 6.61. The molecule has 1 rings (SSSR count). The summed E-state index contributed by atoms with van der Waals surface area (Å²) in [6.07, 6.45) is 1.49. The maximum Gasteiger partial charge on any atom is 0.331 e. The van der Waals surface area contributed by atoms with Crippen molar-refractivity contribution in [3.63, 3.8) is 0 Å². The van der Waals surface area contributed by atoms with Crippen LogP contribution in [0.15, 0.2) is 40.1 Å². The summed E-state index contributed by atoms with van der Waals surface area (Å²) in [7, 11) is 0. The molecule has 0 saturated heterocycles. The second-order valence-electron chi connectivity index (χ2n) is 3.06. The van der Waals surface area contributed by atoms with E-state index in [0.717, 1.165) is 9.80 Å². The number of thioether (sulfide) groups is 1. The SMILES string of the molecule is CCOC(=O)C=C(C)Sc1ccc(Cl)cc1. The van der Waals surface area contributed by atoms with Crippen molar-refractivity contribution in [2.75, 3.05) is 6.61 Å². The average Bonchev–Trinajstić information content (AvgIpc) is 2.21. The molecule has 0 aromatic heterocycles. The zero-order valence-corrected chi connectivity index (χ0v) is 10.8. The van der Waals surface area contributed by atoms with E-state index < -0.39 is 0 Å². The second-order valence-corrected chi connectivity index (χ2v) is 4.82. The van der Waals surface area contributed by atoms with Gasteiger partial charge in [0.05, 0.1) is 6.61 Å². The Labute approximate surface area is 105 Å². The zero-order chi connectivity index (χ0) is 12.0. The molecule has 4 heteroatoms. The van der Waals surface area contributed by atoms with Gasteiger partial charge in [-0.15, -0.1) is 0 Å². The van der Waals surface area contributed by atoms with Crippen LogP contribution in [0.5, 0.6) is 0 Å². The van der Waals surface area contributed by atoms with Crippen molar-refractivity contribution in [2.24, 2.45) is 0 Å². The topological polar surface area (TPSA) is 26.3 Å². The molecule has 0 amide bonds. The third-order valence-electron chi connectivity index (χ3n) is 1.70. The van der Waals surface area contributed by atoms with E-state index in [1.807, 2.05) is 31.2 Å². The van der Waals surface area contributed by atoms with E-state index in [9.17, 15) is 4.79 Å². The number of benzene rings is 1. The molecule has 0 radical (unpaired) electrons. The molecule has 0 aliphatic carbocycles. The minimum absolute atomic E-state index is 0.304. The monoisotopic (exact) mass is 256 g/mol. The van der Waals surface area contributed by atoms with Gasteiger partial charge in [-0.05, 0) is 43.0 Å². The van der Waals surface area contributed by atoms with Crippen LogP contribution >= 0.6 is 23.4 Å². The van der Waals surface area contributed by atoms with Crippen LogP contribution in [-0.4, -0.2) is 12.6 Å². The summed E-state index contributed by atoms with van der Waals surface area (Å²) in [5.41, 5.74) is 0. The first-order chi connectivity index (χ1) is 7.61. The molecule has 1 aromatic carbocycles. The Balaban J connectivity index is 2.60. The lowest BCUT2D eigenvalue weighted by Crippen LogP contribution is -1.99. The van der Waals surface area contributed by atoms with Gasteiger partial charge in [-0.1, -0.05) is 23.4 Å². The van der Waals surface area contributed by atoms with Gasteiger partial charge in [0, 0.05) is 16.0 Å². The number of hydrogen-bond donors (Lipinski definition) is 0. The van der Waals surface area contributed by atoms with Crippen LogP contribution in [0.3, 0.4) is 0 Å². The first-order valence-corrected chi connectivity index (χ1v) is 6.09. The summed E-state index contributed by atoms with van der Waals surface area (Å²) >= 11 is 7.28. The Morgan fingerprint density at radius 1 is 1.44 bits per heavy atom. The van der Waals surface area contributed by atoms with E-state index in [0.29, 0.717) is 11.6 Å². The molecule has 86 valence electrons. The van der Waals surface area contributed by atoms with Gasteiger partial charge in [0.1, 0.15) is 0 Å². The lowest BCUT2D eigenvalue weighted by Gasteiger charge is -2.02. The molecule has 0 atom stereocenters. The molecule has 0 bridgehead atoms. The summed E-state index contributed by atoms with van der Waals surface area (Å²) in [4.78, 5) is 13.1. The molecule has 1 aromatic rings. The molecule has 0 aliphatic rings. The Bertz CT molecular complexity index is 385. The van der Waals surface area contributed by atoms with Crippen molar-refractivity contribution in [3.8, 4) is 0 Å². The van der Waals surface area contributed by atoms with Gasteiger partial charge < -0.3 is 4.74 Å². The highest BCUT2D eigenvalue weighted by Gasteiger charge is 2.00. The lowest BCUT2D eigenvalue weighted by atomic mass is 10.4. The van der Waals surface area contributed by atoms with Gasteiger partial charge in [-0.2, -0.15) is 0 Å². The molecule has 0 heterocycles. The quantitative estimate of drug-likeness (QED) is 0.464. The highest BCUT2D eigenvalue weighted by atomic mass is 35.5. The van der Waals surface area contributed by atoms with E-state index in [1.54, 1.807) is 6.92 Å². The number of halogens is 1. The summed E-state index contributed by atoms with van der Waals surface area (Å²) in [5.74, 6) is -0.304. The number of rotatable bonds is 4. The number of ether oxygens (including phenoxy) is 1. The summed E-state index contributed by atoms with van der Waals surface area (Å²) in [6, 6.07) is 7.47. The Morgan fingerprint density at radius 2 is 2.06 bits per heavy atom. The Hall–Kier alpha value is -0.930. The van der Waals surface area contributed by atoms with Gasteiger partial charge in [-0.25, -0.2) is 4.79 Å². The van der Waals surface area contributed by atoms with E-state index >= 15 is 0 Å². The van der Waals surface area contributed by atoms with Crippen molar-refractivity contribution in [3.05, 3.63) is 40.3 Å². The van der Waals surface area contributed by atoms with Crippen molar-refractivity contribution in [2.45, 2.75) is 18.7 Å². The fourth-order valence-corrected chi connectivity index (χ4v) is 1.99.